The Kier molecular flexibility index (Phi) is 6.46. The smallest absolute Gasteiger partial charge is 0.234 e. The van der Waals surface area contributed by atoms with E-state index in [4.69, 9.17) is 14.3 Å². The van der Waals surface area contributed by atoms with Gasteiger partial charge in [0.05, 0.1) is 31.4 Å². The average Bonchev–Trinajstić information content (AvgIpc) is 3.40. The number of imidazole rings is 1. The summed E-state index contributed by atoms with van der Waals surface area (Å²) in [5.41, 5.74) is 2.71. The molecular weight excluding hydrogens is 423 g/mol. The number of oxime groups is 1. The summed E-state index contributed by atoms with van der Waals surface area (Å²) in [4.78, 5) is 12.1. The monoisotopic (exact) mass is 450 g/mol. The van der Waals surface area contributed by atoms with Crippen LogP contribution in [-0.4, -0.2) is 47.7 Å². The Morgan fingerprint density at radius 3 is 2.58 bits per heavy atom. The summed E-state index contributed by atoms with van der Waals surface area (Å²) in [7, 11) is 3.29. The molecule has 0 amide bonds. The molecule has 1 unspecified atom stereocenters. The van der Waals surface area contributed by atoms with Crippen molar-refractivity contribution in [2.45, 2.75) is 19.6 Å². The fourth-order valence-electron chi connectivity index (χ4n) is 3.79. The molecule has 1 atom stereocenters. The number of amidine groups is 1. The van der Waals surface area contributed by atoms with Crippen LogP contribution in [0.15, 0.2) is 66.2 Å². The van der Waals surface area contributed by atoms with Gasteiger partial charge in [0.25, 0.3) is 0 Å². The number of ether oxygens (including phenoxy) is 2. The maximum Gasteiger partial charge on any atom is 0.234 e. The summed E-state index contributed by atoms with van der Waals surface area (Å²) in [5.74, 6) is 1.08. The van der Waals surface area contributed by atoms with Gasteiger partial charge in [0.15, 0.2) is 5.84 Å². The quantitative estimate of drug-likeness (QED) is 0.506. The maximum absolute atomic E-state index is 13.5. The SMILES string of the molecule is COCCN1C(C=Cc2ccc(-n3cnc(C)c3)c(OC)c2)=NOC1(C)c1ccc(F)cc1. The minimum atomic E-state index is -0.868. The van der Waals surface area contributed by atoms with Gasteiger partial charge in [-0.15, -0.1) is 0 Å². The maximum atomic E-state index is 13.5. The normalized spacial score (nSPS) is 18.0. The number of hydrogen-bond donors (Lipinski definition) is 0. The molecule has 33 heavy (non-hydrogen) atoms. The molecule has 0 aliphatic carbocycles. The Bertz CT molecular complexity index is 1170. The van der Waals surface area contributed by atoms with Crippen LogP contribution < -0.4 is 4.74 Å². The van der Waals surface area contributed by atoms with E-state index in [1.54, 1.807) is 32.7 Å². The van der Waals surface area contributed by atoms with Crippen LogP contribution in [0.5, 0.6) is 5.75 Å². The third-order valence-corrected chi connectivity index (χ3v) is 5.63. The molecule has 2 heterocycles. The summed E-state index contributed by atoms with van der Waals surface area (Å²) in [5, 5.41) is 4.31. The highest BCUT2D eigenvalue weighted by molar-refractivity contribution is 5.97. The van der Waals surface area contributed by atoms with Gasteiger partial charge in [-0.2, -0.15) is 0 Å². The zero-order valence-electron chi connectivity index (χ0n) is 19.2. The number of halogens is 1. The van der Waals surface area contributed by atoms with Crippen molar-refractivity contribution in [1.29, 1.82) is 0 Å². The minimum Gasteiger partial charge on any atom is -0.495 e. The van der Waals surface area contributed by atoms with Gasteiger partial charge in [-0.3, -0.25) is 0 Å². The Morgan fingerprint density at radius 2 is 1.91 bits per heavy atom. The number of nitrogens with zero attached hydrogens (tertiary/aromatic N) is 4. The molecule has 0 saturated heterocycles. The van der Waals surface area contributed by atoms with E-state index >= 15 is 0 Å². The van der Waals surface area contributed by atoms with E-state index in [0.717, 1.165) is 28.3 Å². The van der Waals surface area contributed by atoms with Crippen LogP contribution in [0.1, 0.15) is 23.7 Å². The number of methoxy groups -OCH3 is 2. The number of hydrogen-bond acceptors (Lipinski definition) is 6. The second-order valence-electron chi connectivity index (χ2n) is 7.86. The number of aryl methyl sites for hydroxylation is 1. The first-order valence-corrected chi connectivity index (χ1v) is 10.6. The molecule has 0 N–H and O–H groups in total. The standard InChI is InChI=1S/C25H27FN4O3/c1-18-16-29(17-27-18)22-11-5-19(15-23(22)32-4)6-12-24-28-33-25(2,30(24)13-14-31-3)20-7-9-21(26)10-8-20/h5-12,15-17H,13-14H2,1-4H3. The molecule has 0 spiro atoms. The van der Waals surface area contributed by atoms with Crippen molar-refractivity contribution in [3.8, 4) is 11.4 Å². The van der Waals surface area contributed by atoms with E-state index in [2.05, 4.69) is 10.1 Å². The molecule has 0 fully saturated rings. The predicted octanol–water partition coefficient (Wildman–Crippen LogP) is 4.51. The summed E-state index contributed by atoms with van der Waals surface area (Å²) in [6.45, 7) is 4.89. The van der Waals surface area contributed by atoms with E-state index < -0.39 is 5.72 Å². The molecule has 0 bridgehead atoms. The van der Waals surface area contributed by atoms with E-state index in [1.165, 1.54) is 12.1 Å². The van der Waals surface area contributed by atoms with Crippen molar-refractivity contribution >= 4 is 11.9 Å². The van der Waals surface area contributed by atoms with Crippen LogP contribution in [0.2, 0.25) is 0 Å². The fraction of sp³-hybridized carbons (Fsp3) is 0.280. The van der Waals surface area contributed by atoms with Gasteiger partial charge >= 0.3 is 0 Å². The lowest BCUT2D eigenvalue weighted by atomic mass is 10.0. The molecule has 1 aromatic heterocycles. The Balaban J connectivity index is 1.59. The van der Waals surface area contributed by atoms with E-state index in [1.807, 2.05) is 59.9 Å². The van der Waals surface area contributed by atoms with Crippen LogP contribution in [0.25, 0.3) is 11.8 Å². The molecule has 0 saturated carbocycles. The molecule has 3 aromatic rings. The summed E-state index contributed by atoms with van der Waals surface area (Å²) >= 11 is 0. The van der Waals surface area contributed by atoms with Gasteiger partial charge in [-0.25, -0.2) is 9.37 Å². The summed E-state index contributed by atoms with van der Waals surface area (Å²) in [6, 6.07) is 12.2. The third-order valence-electron chi connectivity index (χ3n) is 5.63. The number of benzene rings is 2. The van der Waals surface area contributed by atoms with Crippen molar-refractivity contribution in [3.63, 3.8) is 0 Å². The van der Waals surface area contributed by atoms with Gasteiger partial charge in [-0.1, -0.05) is 29.4 Å². The Labute approximate surface area is 192 Å². The molecule has 1 aliphatic heterocycles. The summed E-state index contributed by atoms with van der Waals surface area (Å²) < 4.78 is 26.3. The predicted molar refractivity (Wildman–Crippen MR) is 125 cm³/mol. The zero-order chi connectivity index (χ0) is 23.4. The third kappa shape index (κ3) is 4.61. The highest BCUT2D eigenvalue weighted by Crippen LogP contribution is 2.35. The van der Waals surface area contributed by atoms with Crippen molar-refractivity contribution in [3.05, 3.63) is 83.7 Å². The number of aromatic nitrogens is 2. The average molecular weight is 451 g/mol. The highest BCUT2D eigenvalue weighted by Gasteiger charge is 2.42. The Hall–Kier alpha value is -3.65. The van der Waals surface area contributed by atoms with Gasteiger partial charge in [0, 0.05) is 32.3 Å². The van der Waals surface area contributed by atoms with Crippen molar-refractivity contribution in [2.24, 2.45) is 5.16 Å². The first kappa shape index (κ1) is 22.5. The second-order valence-corrected chi connectivity index (χ2v) is 7.86. The fourth-order valence-corrected chi connectivity index (χ4v) is 3.79. The van der Waals surface area contributed by atoms with Crippen molar-refractivity contribution in [1.82, 2.24) is 14.5 Å². The zero-order valence-corrected chi connectivity index (χ0v) is 19.2. The van der Waals surface area contributed by atoms with E-state index in [9.17, 15) is 4.39 Å². The van der Waals surface area contributed by atoms with E-state index in [0.29, 0.717) is 19.0 Å². The lowest BCUT2D eigenvalue weighted by molar-refractivity contribution is -0.0943. The number of rotatable bonds is 8. The lowest BCUT2D eigenvalue weighted by Crippen LogP contribution is -2.45. The first-order chi connectivity index (χ1) is 15.9. The molecule has 7 nitrogen and oxygen atoms in total. The van der Waals surface area contributed by atoms with Gasteiger partial charge in [0.2, 0.25) is 5.72 Å². The molecule has 4 rings (SSSR count). The van der Waals surface area contributed by atoms with Crippen LogP contribution in [-0.2, 0) is 15.3 Å². The molecule has 1 aliphatic rings. The highest BCUT2D eigenvalue weighted by atomic mass is 19.1. The molecular formula is C25H27FN4O3. The van der Waals surface area contributed by atoms with Crippen molar-refractivity contribution in [2.75, 3.05) is 27.4 Å². The van der Waals surface area contributed by atoms with Crippen LogP contribution in [0.3, 0.4) is 0 Å². The molecule has 8 heteroatoms. The Morgan fingerprint density at radius 1 is 1.12 bits per heavy atom. The molecule has 2 aromatic carbocycles. The largest absolute Gasteiger partial charge is 0.495 e. The van der Waals surface area contributed by atoms with Gasteiger partial charge in [0.1, 0.15) is 11.6 Å². The summed E-state index contributed by atoms with van der Waals surface area (Å²) in [6.07, 6.45) is 7.54. The minimum absolute atomic E-state index is 0.298. The lowest BCUT2D eigenvalue weighted by Gasteiger charge is -2.34. The second kappa shape index (κ2) is 9.46. The van der Waals surface area contributed by atoms with Crippen LogP contribution in [0, 0.1) is 12.7 Å². The van der Waals surface area contributed by atoms with Crippen molar-refractivity contribution < 1.29 is 18.7 Å². The van der Waals surface area contributed by atoms with Crippen LogP contribution in [0.4, 0.5) is 4.39 Å². The van der Waals surface area contributed by atoms with Gasteiger partial charge < -0.3 is 23.8 Å². The molecule has 0 radical (unpaired) electrons. The van der Waals surface area contributed by atoms with Crippen LogP contribution >= 0.6 is 0 Å². The molecule has 172 valence electrons. The van der Waals surface area contributed by atoms with E-state index in [-0.39, 0.29) is 5.82 Å². The van der Waals surface area contributed by atoms with Gasteiger partial charge in [-0.05, 0) is 42.8 Å². The first-order valence-electron chi connectivity index (χ1n) is 10.6. The topological polar surface area (TPSA) is 61.1 Å².